The third-order valence-corrected chi connectivity index (χ3v) is 6.48. The maximum absolute atomic E-state index is 11.5. The molecule has 0 bridgehead atoms. The molecule has 8 heteroatoms. The summed E-state index contributed by atoms with van der Waals surface area (Å²) < 4.78 is 25.2. The van der Waals surface area contributed by atoms with Gasteiger partial charge in [-0.2, -0.15) is 5.10 Å². The average Bonchev–Trinajstić information content (AvgIpc) is 3.35. The van der Waals surface area contributed by atoms with Gasteiger partial charge >= 0.3 is 0 Å². The van der Waals surface area contributed by atoms with Crippen LogP contribution in [0.1, 0.15) is 6.42 Å². The summed E-state index contributed by atoms with van der Waals surface area (Å²) in [6.07, 6.45) is 6.13. The highest BCUT2D eigenvalue weighted by atomic mass is 32.2. The Morgan fingerprint density at radius 3 is 2.85 bits per heavy atom. The fourth-order valence-electron chi connectivity index (χ4n) is 3.37. The van der Waals surface area contributed by atoms with E-state index < -0.39 is 9.84 Å². The number of rotatable bonds is 6. The van der Waals surface area contributed by atoms with Crippen LogP contribution in [0.5, 0.6) is 0 Å². The zero-order valence-corrected chi connectivity index (χ0v) is 15.1. The first-order chi connectivity index (χ1) is 12.6. The number of H-pyrrole nitrogens is 1. The molecule has 2 N–H and O–H groups in total. The summed E-state index contributed by atoms with van der Waals surface area (Å²) in [5, 5.41) is 10.6. The lowest BCUT2D eigenvalue weighted by Crippen LogP contribution is -2.32. The van der Waals surface area contributed by atoms with E-state index in [2.05, 4.69) is 25.1 Å². The van der Waals surface area contributed by atoms with Gasteiger partial charge in [-0.1, -0.05) is 30.3 Å². The van der Waals surface area contributed by atoms with Crippen LogP contribution in [0.3, 0.4) is 0 Å². The van der Waals surface area contributed by atoms with Crippen molar-refractivity contribution in [2.24, 2.45) is 0 Å². The van der Waals surface area contributed by atoms with Crippen LogP contribution in [0, 0.1) is 0 Å². The lowest BCUT2D eigenvalue weighted by atomic mass is 10.1. The number of hydrogen-bond acceptors (Lipinski definition) is 5. The molecule has 0 unspecified atom stereocenters. The fraction of sp³-hybridized carbons (Fsp3) is 0.333. The molecule has 1 saturated heterocycles. The molecule has 3 aromatic rings. The average molecular weight is 371 g/mol. The van der Waals surface area contributed by atoms with Crippen LogP contribution in [-0.4, -0.2) is 52.3 Å². The normalized spacial score (nSPS) is 19.0. The summed E-state index contributed by atoms with van der Waals surface area (Å²) in [5.74, 6) is 0.528. The Morgan fingerprint density at radius 1 is 1.23 bits per heavy atom. The smallest absolute Gasteiger partial charge is 0.151 e. The molecule has 1 aliphatic rings. The molecule has 0 saturated carbocycles. The minimum absolute atomic E-state index is 0.0563. The van der Waals surface area contributed by atoms with Crippen LogP contribution in [0.15, 0.2) is 49.1 Å². The molecule has 0 spiro atoms. The topological polar surface area (TPSA) is 92.7 Å². The van der Waals surface area contributed by atoms with Crippen LogP contribution in [0.4, 0.5) is 0 Å². The predicted molar refractivity (Wildman–Crippen MR) is 100 cm³/mol. The highest BCUT2D eigenvalue weighted by Gasteiger charge is 2.27. The summed E-state index contributed by atoms with van der Waals surface area (Å²) in [7, 11) is -2.85. The first kappa shape index (κ1) is 17.0. The Balaban J connectivity index is 1.47. The van der Waals surface area contributed by atoms with E-state index in [0.29, 0.717) is 19.5 Å². The van der Waals surface area contributed by atoms with Crippen molar-refractivity contribution >= 4 is 9.84 Å². The van der Waals surface area contributed by atoms with E-state index >= 15 is 0 Å². The van der Waals surface area contributed by atoms with Gasteiger partial charge in [0.1, 0.15) is 0 Å². The third-order valence-electron chi connectivity index (χ3n) is 4.71. The molecular formula is C18H21N5O2S. The Labute approximate surface area is 152 Å². The van der Waals surface area contributed by atoms with Gasteiger partial charge in [0.05, 0.1) is 41.6 Å². The second-order valence-corrected chi connectivity index (χ2v) is 8.78. The van der Waals surface area contributed by atoms with Crippen molar-refractivity contribution in [3.8, 4) is 22.5 Å². The first-order valence-electron chi connectivity index (χ1n) is 8.65. The van der Waals surface area contributed by atoms with E-state index in [4.69, 9.17) is 0 Å². The van der Waals surface area contributed by atoms with E-state index in [1.807, 2.05) is 42.7 Å². The van der Waals surface area contributed by atoms with Crippen molar-refractivity contribution < 1.29 is 8.42 Å². The molecule has 0 amide bonds. The van der Waals surface area contributed by atoms with Crippen molar-refractivity contribution in [3.63, 3.8) is 0 Å². The maximum Gasteiger partial charge on any atom is 0.151 e. The van der Waals surface area contributed by atoms with Crippen LogP contribution in [-0.2, 0) is 16.4 Å². The summed E-state index contributed by atoms with van der Waals surface area (Å²) in [4.78, 5) is 4.28. The first-order valence-corrected chi connectivity index (χ1v) is 10.5. The number of aromatic amines is 1. The molecule has 3 heterocycles. The lowest BCUT2D eigenvalue weighted by molar-refractivity contribution is 0.521. The molecule has 7 nitrogen and oxygen atoms in total. The second-order valence-electron chi connectivity index (χ2n) is 6.55. The minimum Gasteiger partial charge on any atom is -0.329 e. The van der Waals surface area contributed by atoms with Crippen molar-refractivity contribution in [1.29, 1.82) is 0 Å². The quantitative estimate of drug-likeness (QED) is 0.688. The Hall–Kier alpha value is -2.45. The molecule has 1 atom stereocenters. The molecule has 1 aromatic carbocycles. The second kappa shape index (κ2) is 7.05. The van der Waals surface area contributed by atoms with E-state index in [9.17, 15) is 8.42 Å². The molecule has 26 heavy (non-hydrogen) atoms. The van der Waals surface area contributed by atoms with Crippen molar-refractivity contribution in [1.82, 2.24) is 25.1 Å². The molecule has 136 valence electrons. The molecule has 1 aliphatic heterocycles. The van der Waals surface area contributed by atoms with Gasteiger partial charge in [-0.05, 0) is 6.42 Å². The SMILES string of the molecule is O=S1(=O)CC[C@@H](NCCn2cncc2-c2cn[nH]c2-c2ccccc2)C1. The number of nitrogens with zero attached hydrogens (tertiary/aromatic N) is 3. The highest BCUT2D eigenvalue weighted by Crippen LogP contribution is 2.29. The molecular weight excluding hydrogens is 350 g/mol. The summed E-state index contributed by atoms with van der Waals surface area (Å²) in [6, 6.07) is 10.1. The van der Waals surface area contributed by atoms with E-state index in [1.54, 1.807) is 6.33 Å². The number of nitrogens with one attached hydrogen (secondary N) is 2. The molecule has 4 rings (SSSR count). The Kier molecular flexibility index (Phi) is 4.60. The van der Waals surface area contributed by atoms with Gasteiger partial charge < -0.3 is 9.88 Å². The predicted octanol–water partition coefficient (Wildman–Crippen LogP) is 1.72. The van der Waals surface area contributed by atoms with Gasteiger partial charge in [0, 0.05) is 30.3 Å². The van der Waals surface area contributed by atoms with Gasteiger partial charge in [-0.25, -0.2) is 13.4 Å². The lowest BCUT2D eigenvalue weighted by Gasteiger charge is -2.13. The highest BCUT2D eigenvalue weighted by molar-refractivity contribution is 7.91. The third kappa shape index (κ3) is 3.56. The van der Waals surface area contributed by atoms with Gasteiger partial charge in [0.15, 0.2) is 9.84 Å². The van der Waals surface area contributed by atoms with Crippen molar-refractivity contribution in [2.75, 3.05) is 18.1 Å². The Morgan fingerprint density at radius 2 is 2.08 bits per heavy atom. The zero-order valence-electron chi connectivity index (χ0n) is 14.3. The van der Waals surface area contributed by atoms with Gasteiger partial charge in [0.2, 0.25) is 0 Å². The largest absolute Gasteiger partial charge is 0.329 e. The molecule has 0 radical (unpaired) electrons. The number of benzene rings is 1. The van der Waals surface area contributed by atoms with Crippen molar-refractivity contribution in [2.45, 2.75) is 19.0 Å². The number of aromatic nitrogens is 4. The van der Waals surface area contributed by atoms with Gasteiger partial charge in [-0.3, -0.25) is 5.10 Å². The van der Waals surface area contributed by atoms with Gasteiger partial charge in [0.25, 0.3) is 0 Å². The van der Waals surface area contributed by atoms with Crippen LogP contribution in [0.2, 0.25) is 0 Å². The van der Waals surface area contributed by atoms with Crippen LogP contribution < -0.4 is 5.32 Å². The summed E-state index contributed by atoms with van der Waals surface area (Å²) in [6.45, 7) is 1.41. The Bertz CT molecular complexity index is 978. The summed E-state index contributed by atoms with van der Waals surface area (Å²) in [5.41, 5.74) is 4.01. The van der Waals surface area contributed by atoms with E-state index in [0.717, 1.165) is 22.5 Å². The molecule has 2 aromatic heterocycles. The number of sulfone groups is 1. The monoisotopic (exact) mass is 371 g/mol. The number of hydrogen-bond donors (Lipinski definition) is 2. The van der Waals surface area contributed by atoms with E-state index in [1.165, 1.54) is 0 Å². The number of imidazole rings is 1. The maximum atomic E-state index is 11.5. The van der Waals surface area contributed by atoms with Crippen LogP contribution in [0.25, 0.3) is 22.5 Å². The van der Waals surface area contributed by atoms with Crippen LogP contribution >= 0.6 is 0 Å². The molecule has 1 fully saturated rings. The standard InChI is InChI=1S/C18H21N5O2S/c24-26(25)9-6-15(12-26)20-7-8-23-13-19-11-17(23)16-10-21-22-18(16)14-4-2-1-3-5-14/h1-5,10-11,13,15,20H,6-9,12H2,(H,21,22)/t15-/m1/s1. The fourth-order valence-corrected chi connectivity index (χ4v) is 5.08. The molecule has 0 aliphatic carbocycles. The zero-order chi connectivity index (χ0) is 18.0. The van der Waals surface area contributed by atoms with E-state index in [-0.39, 0.29) is 17.5 Å². The minimum atomic E-state index is -2.85. The van der Waals surface area contributed by atoms with Gasteiger partial charge in [-0.15, -0.1) is 0 Å². The van der Waals surface area contributed by atoms with Crippen molar-refractivity contribution in [3.05, 3.63) is 49.1 Å². The summed E-state index contributed by atoms with van der Waals surface area (Å²) >= 11 is 0.